The summed E-state index contributed by atoms with van der Waals surface area (Å²) in [6.45, 7) is 1.23. The van der Waals surface area contributed by atoms with E-state index in [0.29, 0.717) is 16.6 Å². The molecule has 0 aromatic rings. The van der Waals surface area contributed by atoms with Crippen LogP contribution in [0.1, 0.15) is 13.3 Å². The van der Waals surface area contributed by atoms with Gasteiger partial charge < -0.3 is 29.7 Å². The predicted octanol–water partition coefficient (Wildman–Crippen LogP) is -2.14. The predicted molar refractivity (Wildman–Crippen MR) is 72.6 cm³/mol. The highest BCUT2D eigenvalue weighted by atomic mass is 16.4. The van der Waals surface area contributed by atoms with E-state index in [1.165, 1.54) is 6.92 Å². The van der Waals surface area contributed by atoms with E-state index in [9.17, 15) is 29.4 Å². The van der Waals surface area contributed by atoms with Crippen molar-refractivity contribution in [1.29, 1.82) is 0 Å². The fraction of sp³-hybridized carbons (Fsp3) is 0.538. The Kier molecular flexibility index (Phi) is 8.91. The minimum Gasteiger partial charge on any atom is -0.550 e. The molecule has 0 amide bonds. The largest absolute Gasteiger partial charge is 0.550 e. The van der Waals surface area contributed by atoms with Crippen molar-refractivity contribution in [2.75, 3.05) is 27.7 Å². The van der Waals surface area contributed by atoms with Gasteiger partial charge in [-0.05, 0) is 6.92 Å². The Morgan fingerprint density at radius 3 is 1.59 bits per heavy atom. The summed E-state index contributed by atoms with van der Waals surface area (Å²) in [5.41, 5.74) is -1.82. The van der Waals surface area contributed by atoms with Crippen LogP contribution >= 0.6 is 0 Å². The van der Waals surface area contributed by atoms with Crippen molar-refractivity contribution in [3.63, 3.8) is 0 Å². The van der Waals surface area contributed by atoms with Crippen molar-refractivity contribution in [3.05, 3.63) is 12.2 Å². The highest BCUT2D eigenvalue weighted by molar-refractivity contribution is 5.89. The highest BCUT2D eigenvalue weighted by Gasteiger charge is 2.38. The molecule has 0 aliphatic heterocycles. The number of carboxylic acids is 3. The summed E-state index contributed by atoms with van der Waals surface area (Å²) in [6, 6.07) is 0. The normalized spacial score (nSPS) is 13.7. The van der Waals surface area contributed by atoms with Gasteiger partial charge in [-0.15, -0.1) is 0 Å². The second-order valence-electron chi connectivity index (χ2n) is 5.59. The molecule has 9 nitrogen and oxygen atoms in total. The number of hydrogen-bond donors (Lipinski definition) is 3. The van der Waals surface area contributed by atoms with Crippen LogP contribution in [0.2, 0.25) is 0 Å². The lowest BCUT2D eigenvalue weighted by Crippen LogP contribution is -2.55. The first-order chi connectivity index (χ1) is 9.69. The van der Waals surface area contributed by atoms with Crippen molar-refractivity contribution < 1.29 is 44.1 Å². The average Bonchev–Trinajstić information content (AvgIpc) is 2.23. The Morgan fingerprint density at radius 2 is 1.41 bits per heavy atom. The molecular weight excluding hydrogens is 298 g/mol. The number of aliphatic carboxylic acids is 3. The lowest BCUT2D eigenvalue weighted by molar-refractivity contribution is -0.875. The average molecular weight is 319 g/mol. The van der Waals surface area contributed by atoms with Crippen LogP contribution in [0.4, 0.5) is 0 Å². The van der Waals surface area contributed by atoms with Gasteiger partial charge >= 0.3 is 11.9 Å². The van der Waals surface area contributed by atoms with Crippen LogP contribution in [0.15, 0.2) is 12.2 Å². The number of Topliss-reactive ketones (excluding diaryl/α,β-unsaturated/α-hetero) is 1. The number of nitrogens with zero attached hydrogens (tertiary/aromatic N) is 1. The van der Waals surface area contributed by atoms with Crippen LogP contribution < -0.4 is 5.11 Å². The Morgan fingerprint density at radius 1 is 1.05 bits per heavy atom. The minimum absolute atomic E-state index is 0.0519. The Bertz CT molecular complexity index is 447. The van der Waals surface area contributed by atoms with E-state index in [4.69, 9.17) is 10.2 Å². The Balaban J connectivity index is 0. The first-order valence-corrected chi connectivity index (χ1v) is 6.07. The fourth-order valence-corrected chi connectivity index (χ4v) is 1.46. The maximum Gasteiger partial charge on any atom is 0.328 e. The van der Waals surface area contributed by atoms with Crippen molar-refractivity contribution in [1.82, 2.24) is 0 Å². The highest BCUT2D eigenvalue weighted by Crippen LogP contribution is 2.15. The summed E-state index contributed by atoms with van der Waals surface area (Å²) >= 11 is 0. The number of aliphatic hydroxyl groups is 1. The molecule has 3 N–H and O–H groups in total. The van der Waals surface area contributed by atoms with Crippen molar-refractivity contribution >= 4 is 23.7 Å². The summed E-state index contributed by atoms with van der Waals surface area (Å²) in [7, 11) is 5.30. The molecule has 0 rings (SSSR count). The molecule has 9 heteroatoms. The zero-order valence-corrected chi connectivity index (χ0v) is 12.9. The zero-order valence-electron chi connectivity index (χ0n) is 12.9. The van der Waals surface area contributed by atoms with E-state index < -0.39 is 35.7 Å². The van der Waals surface area contributed by atoms with Crippen LogP contribution in [0.3, 0.4) is 0 Å². The second-order valence-corrected chi connectivity index (χ2v) is 5.59. The number of carbonyl (C=O) groups excluding carboxylic acids is 2. The number of hydrogen-bond acceptors (Lipinski definition) is 6. The molecule has 126 valence electrons. The molecule has 0 unspecified atom stereocenters. The lowest BCUT2D eigenvalue weighted by Gasteiger charge is -2.34. The SMILES string of the molecule is CC(=O)[C@@](O)(CC(=O)[O-])C[N+](C)(C)C.O=C(O)/C=C/C(=O)O. The molecule has 0 aliphatic carbocycles. The molecular formula is C13H21NO8. The Labute approximate surface area is 127 Å². The van der Waals surface area contributed by atoms with Gasteiger partial charge in [-0.1, -0.05) is 0 Å². The monoisotopic (exact) mass is 319 g/mol. The molecule has 0 aliphatic rings. The van der Waals surface area contributed by atoms with Crippen LogP contribution in [-0.4, -0.2) is 76.8 Å². The molecule has 0 saturated heterocycles. The summed E-state index contributed by atoms with van der Waals surface area (Å²) in [6.07, 6.45) is 0.461. The summed E-state index contributed by atoms with van der Waals surface area (Å²) in [4.78, 5) is 40.6. The maximum atomic E-state index is 11.1. The van der Waals surface area contributed by atoms with Gasteiger partial charge in [0.15, 0.2) is 11.4 Å². The molecule has 0 bridgehead atoms. The maximum absolute atomic E-state index is 11.1. The van der Waals surface area contributed by atoms with Gasteiger partial charge in [-0.2, -0.15) is 0 Å². The Hall–Kier alpha value is -2.26. The molecule has 0 heterocycles. The van der Waals surface area contributed by atoms with E-state index in [2.05, 4.69) is 0 Å². The van der Waals surface area contributed by atoms with Crippen LogP contribution in [-0.2, 0) is 19.2 Å². The van der Waals surface area contributed by atoms with E-state index >= 15 is 0 Å². The lowest BCUT2D eigenvalue weighted by atomic mass is 9.94. The molecule has 1 atom stereocenters. The molecule has 0 radical (unpaired) electrons. The van der Waals surface area contributed by atoms with Crippen molar-refractivity contribution in [2.24, 2.45) is 0 Å². The molecule has 0 aromatic carbocycles. The van der Waals surface area contributed by atoms with E-state index in [1.807, 2.05) is 0 Å². The van der Waals surface area contributed by atoms with Crippen molar-refractivity contribution in [3.8, 4) is 0 Å². The molecule has 0 aromatic heterocycles. The van der Waals surface area contributed by atoms with Gasteiger partial charge in [0.1, 0.15) is 6.54 Å². The molecule has 0 spiro atoms. The number of quaternary nitrogens is 1. The number of rotatable bonds is 7. The number of carboxylic acid groups (broad SMARTS) is 3. The fourth-order valence-electron chi connectivity index (χ4n) is 1.46. The first-order valence-electron chi connectivity index (χ1n) is 6.07. The standard InChI is InChI=1S/C9H17NO4.C4H4O4/c1-7(11)9(14,5-8(12)13)6-10(2,3)4;5-3(6)1-2-4(7)8/h14H,5-6H2,1-4H3;1-2H,(H,5,6)(H,7,8)/b;2-1+/t9-;/m1./s1. The molecule has 0 saturated carbocycles. The zero-order chi connectivity index (χ0) is 18.1. The second kappa shape index (κ2) is 8.90. The third-order valence-corrected chi connectivity index (χ3v) is 2.20. The number of ketones is 1. The van der Waals surface area contributed by atoms with Gasteiger partial charge in [-0.25, -0.2) is 9.59 Å². The summed E-state index contributed by atoms with van der Waals surface area (Å²) in [5.74, 6) is -4.48. The third kappa shape index (κ3) is 12.8. The quantitative estimate of drug-likeness (QED) is 0.355. The van der Waals surface area contributed by atoms with Crippen molar-refractivity contribution in [2.45, 2.75) is 18.9 Å². The van der Waals surface area contributed by atoms with Gasteiger partial charge in [0.25, 0.3) is 0 Å². The van der Waals surface area contributed by atoms with E-state index in [1.54, 1.807) is 21.1 Å². The minimum atomic E-state index is -1.82. The van der Waals surface area contributed by atoms with E-state index in [0.717, 1.165) is 0 Å². The van der Waals surface area contributed by atoms with Gasteiger partial charge in [0, 0.05) is 24.5 Å². The number of likely N-dealkylation sites (N-methyl/N-ethyl adjacent to an activating group) is 1. The van der Waals surface area contributed by atoms with Crippen LogP contribution in [0.25, 0.3) is 0 Å². The topological polar surface area (TPSA) is 152 Å². The van der Waals surface area contributed by atoms with Gasteiger partial charge in [0.05, 0.1) is 21.1 Å². The van der Waals surface area contributed by atoms with E-state index in [-0.39, 0.29) is 6.54 Å². The van der Waals surface area contributed by atoms with Crippen LogP contribution in [0.5, 0.6) is 0 Å². The molecule has 0 fully saturated rings. The van der Waals surface area contributed by atoms with Gasteiger partial charge in [-0.3, -0.25) is 4.79 Å². The number of carbonyl (C=O) groups is 4. The molecule has 22 heavy (non-hydrogen) atoms. The third-order valence-electron chi connectivity index (χ3n) is 2.20. The smallest absolute Gasteiger partial charge is 0.328 e. The van der Waals surface area contributed by atoms with Crippen LogP contribution in [0, 0.1) is 0 Å². The van der Waals surface area contributed by atoms with Gasteiger partial charge in [0.2, 0.25) is 0 Å². The summed E-state index contributed by atoms with van der Waals surface area (Å²) < 4.78 is 0.309. The first kappa shape index (κ1) is 22.0. The summed E-state index contributed by atoms with van der Waals surface area (Å²) in [5, 5.41) is 35.8.